The number of amides is 4. The summed E-state index contributed by atoms with van der Waals surface area (Å²) in [6, 6.07) is 15.9. The van der Waals surface area contributed by atoms with Gasteiger partial charge in [-0.05, 0) is 42.0 Å². The number of carbonyl (C=O) groups excluding carboxylic acids is 3. The highest BCUT2D eigenvalue weighted by atomic mass is 35.5. The Hall–Kier alpha value is -4.70. The normalized spacial score (nSPS) is 14.6. The number of imide groups is 2. The van der Waals surface area contributed by atoms with E-state index in [1.165, 1.54) is 25.3 Å². The van der Waals surface area contributed by atoms with Gasteiger partial charge in [-0.1, -0.05) is 35.9 Å². The number of benzene rings is 3. The van der Waals surface area contributed by atoms with E-state index in [1.54, 1.807) is 24.3 Å². The van der Waals surface area contributed by atoms with E-state index < -0.39 is 22.8 Å². The average Bonchev–Trinajstić information content (AvgIpc) is 2.86. The summed E-state index contributed by atoms with van der Waals surface area (Å²) in [6.07, 6.45) is 1.31. The standard InChI is InChI=1S/C25H18ClN3O7/c1-35-22-13-15(6-11-21(22)36-14-16-4-2-3-5-20(16)26)12-19-23(30)27-25(32)28(24(19)31)17-7-9-18(10-8-17)29(33)34/h2-13H,14H2,1H3,(H,27,30,32)/b19-12+. The van der Waals surface area contributed by atoms with Crippen LogP contribution in [0, 0.1) is 10.1 Å². The molecule has 0 aliphatic carbocycles. The Labute approximate surface area is 209 Å². The van der Waals surface area contributed by atoms with E-state index in [0.29, 0.717) is 22.1 Å². The molecule has 0 bridgehead atoms. The van der Waals surface area contributed by atoms with Crippen LogP contribution >= 0.6 is 11.6 Å². The lowest BCUT2D eigenvalue weighted by atomic mass is 10.1. The lowest BCUT2D eigenvalue weighted by Gasteiger charge is -2.26. The average molecular weight is 508 g/mol. The summed E-state index contributed by atoms with van der Waals surface area (Å²) in [7, 11) is 1.45. The zero-order valence-corrected chi connectivity index (χ0v) is 19.5. The molecule has 1 aliphatic heterocycles. The highest BCUT2D eigenvalue weighted by molar-refractivity contribution is 6.39. The molecule has 0 unspecified atom stereocenters. The van der Waals surface area contributed by atoms with Crippen LogP contribution in [0.3, 0.4) is 0 Å². The Morgan fingerprint density at radius 1 is 1.03 bits per heavy atom. The third kappa shape index (κ3) is 5.03. The van der Waals surface area contributed by atoms with Crippen molar-refractivity contribution in [1.29, 1.82) is 0 Å². The molecule has 36 heavy (non-hydrogen) atoms. The summed E-state index contributed by atoms with van der Waals surface area (Å²) in [5, 5.41) is 13.6. The van der Waals surface area contributed by atoms with E-state index in [9.17, 15) is 24.5 Å². The van der Waals surface area contributed by atoms with Gasteiger partial charge in [0.15, 0.2) is 11.5 Å². The quantitative estimate of drug-likeness (QED) is 0.216. The predicted molar refractivity (Wildman–Crippen MR) is 131 cm³/mol. The number of halogens is 1. The minimum atomic E-state index is -0.961. The molecule has 4 rings (SSSR count). The van der Waals surface area contributed by atoms with Crippen molar-refractivity contribution in [2.45, 2.75) is 6.61 Å². The first-order valence-electron chi connectivity index (χ1n) is 10.5. The molecule has 1 N–H and O–H groups in total. The van der Waals surface area contributed by atoms with E-state index in [1.807, 2.05) is 18.2 Å². The van der Waals surface area contributed by atoms with Gasteiger partial charge in [0.05, 0.1) is 17.7 Å². The largest absolute Gasteiger partial charge is 0.493 e. The smallest absolute Gasteiger partial charge is 0.335 e. The van der Waals surface area contributed by atoms with Gasteiger partial charge in [-0.15, -0.1) is 0 Å². The van der Waals surface area contributed by atoms with Crippen molar-refractivity contribution in [3.05, 3.63) is 98.6 Å². The number of anilines is 1. The summed E-state index contributed by atoms with van der Waals surface area (Å²) >= 11 is 6.17. The van der Waals surface area contributed by atoms with E-state index in [4.69, 9.17) is 21.1 Å². The Morgan fingerprint density at radius 2 is 1.75 bits per heavy atom. The molecule has 3 aromatic rings. The Kier molecular flexibility index (Phi) is 6.98. The van der Waals surface area contributed by atoms with Crippen molar-refractivity contribution in [2.75, 3.05) is 12.0 Å². The molecular weight excluding hydrogens is 490 g/mol. The minimum absolute atomic E-state index is 0.0717. The minimum Gasteiger partial charge on any atom is -0.493 e. The lowest BCUT2D eigenvalue weighted by Crippen LogP contribution is -2.54. The summed E-state index contributed by atoms with van der Waals surface area (Å²) in [4.78, 5) is 48.9. The first kappa shape index (κ1) is 24.4. The van der Waals surface area contributed by atoms with Gasteiger partial charge < -0.3 is 9.47 Å². The van der Waals surface area contributed by atoms with Crippen LogP contribution in [0.2, 0.25) is 5.02 Å². The second-order valence-electron chi connectivity index (χ2n) is 7.52. The first-order chi connectivity index (χ1) is 17.3. The van der Waals surface area contributed by atoms with Crippen LogP contribution < -0.4 is 19.7 Å². The van der Waals surface area contributed by atoms with Crippen LogP contribution in [-0.4, -0.2) is 29.9 Å². The fourth-order valence-electron chi connectivity index (χ4n) is 3.45. The number of hydrogen-bond donors (Lipinski definition) is 1. The van der Waals surface area contributed by atoms with E-state index in [-0.39, 0.29) is 23.6 Å². The number of carbonyl (C=O) groups is 3. The predicted octanol–water partition coefficient (Wildman–Crippen LogP) is 4.50. The maximum absolute atomic E-state index is 13.1. The van der Waals surface area contributed by atoms with Crippen LogP contribution in [0.1, 0.15) is 11.1 Å². The number of barbiturate groups is 1. The van der Waals surface area contributed by atoms with Gasteiger partial charge in [0.1, 0.15) is 12.2 Å². The molecule has 3 aromatic carbocycles. The van der Waals surface area contributed by atoms with E-state index >= 15 is 0 Å². The fourth-order valence-corrected chi connectivity index (χ4v) is 3.64. The van der Waals surface area contributed by atoms with Gasteiger partial charge in [-0.3, -0.25) is 25.0 Å². The first-order valence-corrected chi connectivity index (χ1v) is 10.9. The highest BCUT2D eigenvalue weighted by Gasteiger charge is 2.37. The molecule has 0 atom stereocenters. The zero-order chi connectivity index (χ0) is 25.8. The lowest BCUT2D eigenvalue weighted by molar-refractivity contribution is -0.384. The summed E-state index contributed by atoms with van der Waals surface area (Å²) < 4.78 is 11.2. The number of ether oxygens (including phenoxy) is 2. The SMILES string of the molecule is COc1cc(/C=C2\C(=O)NC(=O)N(c3ccc([N+](=O)[O-])cc3)C2=O)ccc1OCc1ccccc1Cl. The molecule has 4 amide bonds. The number of nitro benzene ring substituents is 1. The summed E-state index contributed by atoms with van der Waals surface area (Å²) in [5.74, 6) is -0.984. The maximum Gasteiger partial charge on any atom is 0.335 e. The number of hydrogen-bond acceptors (Lipinski definition) is 7. The molecule has 0 radical (unpaired) electrons. The van der Waals surface area contributed by atoms with Crippen molar-refractivity contribution < 1.29 is 28.8 Å². The highest BCUT2D eigenvalue weighted by Crippen LogP contribution is 2.31. The second-order valence-corrected chi connectivity index (χ2v) is 7.93. The Bertz CT molecular complexity index is 1400. The molecule has 1 saturated heterocycles. The Morgan fingerprint density at radius 3 is 2.42 bits per heavy atom. The zero-order valence-electron chi connectivity index (χ0n) is 18.8. The van der Waals surface area contributed by atoms with Crippen molar-refractivity contribution in [3.63, 3.8) is 0 Å². The molecule has 1 aliphatic rings. The molecule has 11 heteroatoms. The fraction of sp³-hybridized carbons (Fsp3) is 0.0800. The topological polar surface area (TPSA) is 128 Å². The number of non-ortho nitro benzene ring substituents is 1. The van der Waals surface area contributed by atoms with Crippen molar-refractivity contribution >= 4 is 46.9 Å². The number of rotatable bonds is 7. The number of nitrogens with one attached hydrogen (secondary N) is 1. The molecule has 1 fully saturated rings. The van der Waals surface area contributed by atoms with Gasteiger partial charge >= 0.3 is 6.03 Å². The summed E-state index contributed by atoms with van der Waals surface area (Å²) in [5.41, 5.74) is 0.780. The third-order valence-electron chi connectivity index (χ3n) is 5.26. The van der Waals surface area contributed by atoms with Gasteiger partial charge in [0, 0.05) is 22.7 Å². The van der Waals surface area contributed by atoms with Crippen LogP contribution in [0.4, 0.5) is 16.2 Å². The summed E-state index contributed by atoms with van der Waals surface area (Å²) in [6.45, 7) is 0.198. The van der Waals surface area contributed by atoms with Crippen LogP contribution in [0.5, 0.6) is 11.5 Å². The molecule has 182 valence electrons. The monoisotopic (exact) mass is 507 g/mol. The molecule has 0 spiro atoms. The number of methoxy groups -OCH3 is 1. The maximum atomic E-state index is 13.1. The third-order valence-corrected chi connectivity index (χ3v) is 5.63. The van der Waals surface area contributed by atoms with Crippen LogP contribution in [0.15, 0.2) is 72.3 Å². The van der Waals surface area contributed by atoms with Crippen molar-refractivity contribution in [2.24, 2.45) is 0 Å². The molecule has 0 saturated carbocycles. The number of nitro groups is 1. The molecule has 10 nitrogen and oxygen atoms in total. The van der Waals surface area contributed by atoms with Crippen LogP contribution in [-0.2, 0) is 16.2 Å². The van der Waals surface area contributed by atoms with E-state index in [0.717, 1.165) is 22.6 Å². The molecular formula is C25H18ClN3O7. The van der Waals surface area contributed by atoms with Gasteiger partial charge in [0.2, 0.25) is 0 Å². The second kappa shape index (κ2) is 10.3. The van der Waals surface area contributed by atoms with Crippen molar-refractivity contribution in [3.8, 4) is 11.5 Å². The van der Waals surface area contributed by atoms with Crippen LogP contribution in [0.25, 0.3) is 6.08 Å². The number of nitrogens with zero attached hydrogens (tertiary/aromatic N) is 2. The van der Waals surface area contributed by atoms with Gasteiger partial charge in [-0.25, -0.2) is 9.69 Å². The molecule has 1 heterocycles. The number of urea groups is 1. The van der Waals surface area contributed by atoms with Gasteiger partial charge in [0.25, 0.3) is 17.5 Å². The van der Waals surface area contributed by atoms with Crippen molar-refractivity contribution in [1.82, 2.24) is 5.32 Å². The van der Waals surface area contributed by atoms with Gasteiger partial charge in [-0.2, -0.15) is 0 Å². The molecule has 0 aromatic heterocycles. The van der Waals surface area contributed by atoms with E-state index in [2.05, 4.69) is 5.32 Å². The Balaban J connectivity index is 1.59.